The summed E-state index contributed by atoms with van der Waals surface area (Å²) in [7, 11) is -4.15. The van der Waals surface area contributed by atoms with Gasteiger partial charge < -0.3 is 10.6 Å². The number of aromatic nitrogens is 2. The molecule has 1 aliphatic carbocycles. The van der Waals surface area contributed by atoms with E-state index in [1.165, 1.54) is 37.5 Å². The van der Waals surface area contributed by atoms with Crippen molar-refractivity contribution in [1.29, 1.82) is 0 Å². The maximum absolute atomic E-state index is 13.0. The molecule has 1 aliphatic heterocycles. The van der Waals surface area contributed by atoms with E-state index in [1.54, 1.807) is 18.3 Å². The average molecular weight is 430 g/mol. The summed E-state index contributed by atoms with van der Waals surface area (Å²) in [6.07, 6.45) is 6.46. The van der Waals surface area contributed by atoms with Crippen molar-refractivity contribution in [3.63, 3.8) is 0 Å². The first-order valence-corrected chi connectivity index (χ1v) is 11.7. The van der Waals surface area contributed by atoms with Crippen molar-refractivity contribution in [2.45, 2.75) is 50.1 Å². The molecule has 0 spiro atoms. The normalized spacial score (nSPS) is 20.9. The van der Waals surface area contributed by atoms with Crippen LogP contribution in [-0.4, -0.2) is 36.4 Å². The number of hydrogen-bond acceptors (Lipinski definition) is 7. The van der Waals surface area contributed by atoms with Gasteiger partial charge in [0, 0.05) is 18.3 Å². The van der Waals surface area contributed by atoms with Crippen molar-refractivity contribution in [3.8, 4) is 0 Å². The Kier molecular flexibility index (Phi) is 5.17. The summed E-state index contributed by atoms with van der Waals surface area (Å²) in [5, 5.41) is -0.299. The van der Waals surface area contributed by atoms with Crippen LogP contribution in [0.2, 0.25) is 0 Å². The lowest BCUT2D eigenvalue weighted by Crippen LogP contribution is -2.44. The quantitative estimate of drug-likeness (QED) is 0.724. The molecule has 8 nitrogen and oxygen atoms in total. The molecular weight excluding hydrogens is 402 g/mol. The van der Waals surface area contributed by atoms with E-state index in [0.29, 0.717) is 11.7 Å². The van der Waals surface area contributed by atoms with Gasteiger partial charge in [-0.05, 0) is 62.8 Å². The Labute approximate surface area is 177 Å². The molecule has 4 rings (SSSR count). The Hall–Kier alpha value is -2.68. The lowest BCUT2D eigenvalue weighted by molar-refractivity contribution is 0.0981. The van der Waals surface area contributed by atoms with Gasteiger partial charge in [0.05, 0.1) is 5.56 Å². The zero-order chi connectivity index (χ0) is 21.5. The number of pyridine rings is 2. The third kappa shape index (κ3) is 3.98. The van der Waals surface area contributed by atoms with Gasteiger partial charge in [0.1, 0.15) is 11.6 Å². The summed E-state index contributed by atoms with van der Waals surface area (Å²) in [6, 6.07) is 7.48. The molecule has 0 bridgehead atoms. The van der Waals surface area contributed by atoms with Crippen molar-refractivity contribution >= 4 is 27.6 Å². The fourth-order valence-electron chi connectivity index (χ4n) is 4.29. The minimum Gasteiger partial charge on any atom is -0.384 e. The predicted molar refractivity (Wildman–Crippen MR) is 114 cm³/mol. The second-order valence-corrected chi connectivity index (χ2v) is 10.3. The van der Waals surface area contributed by atoms with Gasteiger partial charge in [-0.25, -0.2) is 14.7 Å². The number of nitrogens with two attached hydrogens (primary N) is 1. The van der Waals surface area contributed by atoms with E-state index in [2.05, 4.69) is 33.4 Å². The molecule has 1 unspecified atom stereocenters. The third-order valence-corrected chi connectivity index (χ3v) is 7.48. The molecule has 9 heteroatoms. The predicted octanol–water partition coefficient (Wildman–Crippen LogP) is 2.58. The van der Waals surface area contributed by atoms with E-state index in [4.69, 9.17) is 5.73 Å². The molecule has 2 fully saturated rings. The van der Waals surface area contributed by atoms with Crippen LogP contribution in [0.15, 0.2) is 41.6 Å². The molecule has 160 valence electrons. The maximum atomic E-state index is 13.0. The van der Waals surface area contributed by atoms with E-state index in [9.17, 15) is 13.2 Å². The number of nitrogen functional groups attached to an aromatic ring is 1. The van der Waals surface area contributed by atoms with Crippen LogP contribution in [0.4, 0.5) is 11.6 Å². The number of rotatable bonds is 6. The fraction of sp³-hybridized carbons (Fsp3) is 0.476. The number of nitrogens with zero attached hydrogens (tertiary/aromatic N) is 3. The minimum absolute atomic E-state index is 0.0629. The first-order chi connectivity index (χ1) is 14.2. The van der Waals surface area contributed by atoms with Crippen molar-refractivity contribution in [2.75, 3.05) is 17.2 Å². The number of anilines is 2. The molecule has 1 saturated heterocycles. The standard InChI is InChI=1S/C21H27N5O3S/c1-21(2)15(13-14-8-9-14)10-12-26(21)19-16(5-4-11-23-19)20(27)25-30(28,29)18-7-3-6-17(22)24-18/h3-7,11,14-15H,8-10,12-13H2,1-2H3,(H2,22,24)(H,25,27). The van der Waals surface area contributed by atoms with Crippen molar-refractivity contribution in [2.24, 2.45) is 11.8 Å². The lowest BCUT2D eigenvalue weighted by atomic mass is 9.84. The highest BCUT2D eigenvalue weighted by molar-refractivity contribution is 7.90. The Bertz CT molecular complexity index is 1070. The summed E-state index contributed by atoms with van der Waals surface area (Å²) >= 11 is 0. The van der Waals surface area contributed by atoms with Crippen molar-refractivity contribution in [3.05, 3.63) is 42.1 Å². The van der Waals surface area contributed by atoms with E-state index in [0.717, 1.165) is 18.9 Å². The largest absolute Gasteiger partial charge is 0.384 e. The zero-order valence-electron chi connectivity index (χ0n) is 17.2. The number of amides is 1. The van der Waals surface area contributed by atoms with Crippen LogP contribution in [0, 0.1) is 11.8 Å². The minimum atomic E-state index is -4.15. The number of carbonyl (C=O) groups excluding carboxylic acids is 1. The molecular formula is C21H27N5O3S. The molecule has 0 radical (unpaired) electrons. The van der Waals surface area contributed by atoms with Gasteiger partial charge in [-0.2, -0.15) is 8.42 Å². The van der Waals surface area contributed by atoms with Gasteiger partial charge >= 0.3 is 0 Å². The van der Waals surface area contributed by atoms with E-state index in [1.807, 2.05) is 0 Å². The summed E-state index contributed by atoms with van der Waals surface area (Å²) in [6.45, 7) is 5.14. The Morgan fingerprint density at radius 3 is 2.70 bits per heavy atom. The highest BCUT2D eigenvalue weighted by Gasteiger charge is 2.45. The van der Waals surface area contributed by atoms with E-state index >= 15 is 0 Å². The summed E-state index contributed by atoms with van der Waals surface area (Å²) in [5.74, 6) is 1.17. The van der Waals surface area contributed by atoms with Crippen LogP contribution in [0.1, 0.15) is 49.9 Å². The van der Waals surface area contributed by atoms with Crippen LogP contribution in [0.25, 0.3) is 0 Å². The van der Waals surface area contributed by atoms with E-state index < -0.39 is 15.9 Å². The topological polar surface area (TPSA) is 118 Å². The third-order valence-electron chi connectivity index (χ3n) is 6.25. The maximum Gasteiger partial charge on any atom is 0.281 e. The van der Waals surface area contributed by atoms with E-state index in [-0.39, 0.29) is 21.9 Å². The van der Waals surface area contributed by atoms with Crippen LogP contribution in [-0.2, 0) is 10.0 Å². The number of nitrogens with one attached hydrogen (secondary N) is 1. The second-order valence-electron chi connectivity index (χ2n) is 8.68. The van der Waals surface area contributed by atoms with Gasteiger partial charge in [0.2, 0.25) is 0 Å². The fourth-order valence-corrected chi connectivity index (χ4v) is 5.23. The summed E-state index contributed by atoms with van der Waals surface area (Å²) in [4.78, 5) is 23.4. The molecule has 2 aromatic heterocycles. The van der Waals surface area contributed by atoms with Gasteiger partial charge in [0.15, 0.2) is 5.03 Å². The molecule has 2 aromatic rings. The van der Waals surface area contributed by atoms with Gasteiger partial charge in [-0.3, -0.25) is 4.79 Å². The Balaban J connectivity index is 1.59. The molecule has 1 saturated carbocycles. The SMILES string of the molecule is CC1(C)C(CC2CC2)CCN1c1ncccc1C(=O)NS(=O)(=O)c1cccc(N)n1. The van der Waals surface area contributed by atoms with Gasteiger partial charge in [-0.15, -0.1) is 0 Å². The highest BCUT2D eigenvalue weighted by Crippen LogP contribution is 2.46. The summed E-state index contributed by atoms with van der Waals surface area (Å²) < 4.78 is 27.4. The van der Waals surface area contributed by atoms with Crippen LogP contribution < -0.4 is 15.4 Å². The van der Waals surface area contributed by atoms with Crippen LogP contribution >= 0.6 is 0 Å². The molecule has 3 N–H and O–H groups in total. The summed E-state index contributed by atoms with van der Waals surface area (Å²) in [5.41, 5.74) is 5.64. The molecule has 1 atom stereocenters. The molecule has 3 heterocycles. The molecule has 2 aliphatic rings. The number of sulfonamides is 1. The molecule has 30 heavy (non-hydrogen) atoms. The van der Waals surface area contributed by atoms with Gasteiger partial charge in [-0.1, -0.05) is 18.9 Å². The van der Waals surface area contributed by atoms with Crippen molar-refractivity contribution in [1.82, 2.24) is 14.7 Å². The smallest absolute Gasteiger partial charge is 0.281 e. The zero-order valence-corrected chi connectivity index (χ0v) is 18.0. The first-order valence-electron chi connectivity index (χ1n) is 10.2. The van der Waals surface area contributed by atoms with Gasteiger partial charge in [0.25, 0.3) is 15.9 Å². The number of carbonyl (C=O) groups is 1. The van der Waals surface area contributed by atoms with Crippen molar-refractivity contribution < 1.29 is 13.2 Å². The second kappa shape index (κ2) is 7.54. The number of hydrogen-bond donors (Lipinski definition) is 2. The first kappa shape index (κ1) is 20.6. The molecule has 0 aromatic carbocycles. The van der Waals surface area contributed by atoms with Crippen LogP contribution in [0.3, 0.4) is 0 Å². The average Bonchev–Trinajstić information content (AvgIpc) is 3.46. The Morgan fingerprint density at radius 1 is 1.23 bits per heavy atom. The monoisotopic (exact) mass is 429 g/mol. The Morgan fingerprint density at radius 2 is 2.00 bits per heavy atom. The highest BCUT2D eigenvalue weighted by atomic mass is 32.2. The van der Waals surface area contributed by atoms with Crippen LogP contribution in [0.5, 0.6) is 0 Å². The lowest BCUT2D eigenvalue weighted by Gasteiger charge is -2.37. The molecule has 1 amide bonds.